The molecule has 0 spiro atoms. The summed E-state index contributed by atoms with van der Waals surface area (Å²) in [6.45, 7) is 0.221. The zero-order chi connectivity index (χ0) is 12.6. The summed E-state index contributed by atoms with van der Waals surface area (Å²) < 4.78 is 27.3. The second-order valence-corrected chi connectivity index (χ2v) is 5.00. The summed E-state index contributed by atoms with van der Waals surface area (Å²) in [6.07, 6.45) is 0.207. The number of alkyl halides is 1. The standard InChI is InChI=1S/C11H7BrF2N2O/c12-7-3-10(17)16(5-7)11-8(13)1-6(4-15)2-9(11)14/h1-2,7H,3,5H2. The lowest BCUT2D eigenvalue weighted by Gasteiger charge is -2.17. The summed E-state index contributed by atoms with van der Waals surface area (Å²) in [7, 11) is 0. The summed E-state index contributed by atoms with van der Waals surface area (Å²) in [6, 6.07) is 3.50. The fraction of sp³-hybridized carbons (Fsp3) is 0.273. The van der Waals surface area contributed by atoms with Gasteiger partial charge in [-0.2, -0.15) is 5.26 Å². The van der Waals surface area contributed by atoms with Crippen molar-refractivity contribution in [1.29, 1.82) is 5.26 Å². The smallest absolute Gasteiger partial charge is 0.228 e. The van der Waals surface area contributed by atoms with Gasteiger partial charge in [0.15, 0.2) is 11.6 Å². The van der Waals surface area contributed by atoms with Crippen molar-refractivity contribution in [2.45, 2.75) is 11.2 Å². The number of carbonyl (C=O) groups is 1. The summed E-state index contributed by atoms with van der Waals surface area (Å²) in [5, 5.41) is 8.57. The van der Waals surface area contributed by atoms with E-state index < -0.39 is 11.6 Å². The number of amides is 1. The van der Waals surface area contributed by atoms with Crippen LogP contribution in [0.5, 0.6) is 0 Å². The van der Waals surface area contributed by atoms with E-state index in [2.05, 4.69) is 15.9 Å². The highest BCUT2D eigenvalue weighted by Crippen LogP contribution is 2.30. The average Bonchev–Trinajstić information content (AvgIpc) is 2.57. The van der Waals surface area contributed by atoms with E-state index in [4.69, 9.17) is 5.26 Å². The van der Waals surface area contributed by atoms with Gasteiger partial charge in [-0.05, 0) is 12.1 Å². The third kappa shape index (κ3) is 2.15. The molecule has 1 saturated heterocycles. The zero-order valence-corrected chi connectivity index (χ0v) is 10.2. The molecule has 1 amide bonds. The Morgan fingerprint density at radius 3 is 2.41 bits per heavy atom. The molecule has 17 heavy (non-hydrogen) atoms. The number of anilines is 1. The predicted octanol–water partition coefficient (Wildman–Crippen LogP) is 2.34. The molecule has 6 heteroatoms. The summed E-state index contributed by atoms with van der Waals surface area (Å²) >= 11 is 3.23. The maximum Gasteiger partial charge on any atom is 0.228 e. The Bertz CT molecular complexity index is 504. The van der Waals surface area contributed by atoms with Gasteiger partial charge in [0.05, 0.1) is 11.6 Å². The monoisotopic (exact) mass is 300 g/mol. The predicted molar refractivity (Wildman–Crippen MR) is 60.8 cm³/mol. The fourth-order valence-corrected chi connectivity index (χ4v) is 2.33. The van der Waals surface area contributed by atoms with Gasteiger partial charge < -0.3 is 4.90 Å². The van der Waals surface area contributed by atoms with E-state index in [-0.39, 0.29) is 35.0 Å². The number of hydrogen-bond acceptors (Lipinski definition) is 2. The lowest BCUT2D eigenvalue weighted by Crippen LogP contribution is -2.26. The molecule has 1 heterocycles. The summed E-state index contributed by atoms with van der Waals surface area (Å²) in [5.41, 5.74) is -0.485. The minimum atomic E-state index is -0.892. The molecule has 1 aromatic rings. The van der Waals surface area contributed by atoms with Crippen LogP contribution in [-0.2, 0) is 4.79 Å². The largest absolute Gasteiger partial charge is 0.306 e. The van der Waals surface area contributed by atoms with Crippen LogP contribution in [0.15, 0.2) is 12.1 Å². The van der Waals surface area contributed by atoms with Crippen LogP contribution in [0.25, 0.3) is 0 Å². The number of benzene rings is 1. The van der Waals surface area contributed by atoms with Crippen LogP contribution < -0.4 is 4.90 Å². The van der Waals surface area contributed by atoms with Gasteiger partial charge in [-0.3, -0.25) is 4.79 Å². The van der Waals surface area contributed by atoms with Gasteiger partial charge >= 0.3 is 0 Å². The quantitative estimate of drug-likeness (QED) is 0.747. The second-order valence-electron chi connectivity index (χ2n) is 3.71. The van der Waals surface area contributed by atoms with Gasteiger partial charge in [-0.15, -0.1) is 0 Å². The number of hydrogen-bond donors (Lipinski definition) is 0. The minimum absolute atomic E-state index is 0.106. The van der Waals surface area contributed by atoms with Crippen molar-refractivity contribution in [3.8, 4) is 6.07 Å². The van der Waals surface area contributed by atoms with Crippen molar-refractivity contribution in [3.63, 3.8) is 0 Å². The number of halogens is 3. The number of rotatable bonds is 1. The molecule has 1 fully saturated rings. The molecule has 1 aliphatic rings. The Morgan fingerprint density at radius 1 is 1.41 bits per heavy atom. The van der Waals surface area contributed by atoms with Crippen molar-refractivity contribution in [2.75, 3.05) is 11.4 Å². The molecule has 1 aromatic carbocycles. The molecule has 0 bridgehead atoms. The number of carbonyl (C=O) groups excluding carboxylic acids is 1. The minimum Gasteiger partial charge on any atom is -0.306 e. The van der Waals surface area contributed by atoms with Crippen molar-refractivity contribution in [1.82, 2.24) is 0 Å². The molecule has 0 N–H and O–H groups in total. The fourth-order valence-electron chi connectivity index (χ4n) is 1.77. The molecule has 88 valence electrons. The van der Waals surface area contributed by atoms with Crippen LogP contribution in [0.4, 0.5) is 14.5 Å². The Morgan fingerprint density at radius 2 is 2.00 bits per heavy atom. The molecule has 0 saturated carbocycles. The van der Waals surface area contributed by atoms with Crippen LogP contribution in [0.3, 0.4) is 0 Å². The van der Waals surface area contributed by atoms with E-state index in [0.29, 0.717) is 0 Å². The molecule has 3 nitrogen and oxygen atoms in total. The second kappa shape index (κ2) is 4.41. The molecule has 2 rings (SSSR count). The molecule has 0 aliphatic carbocycles. The van der Waals surface area contributed by atoms with Crippen LogP contribution in [0.2, 0.25) is 0 Å². The maximum atomic E-state index is 13.6. The zero-order valence-electron chi connectivity index (χ0n) is 8.58. The molecular weight excluding hydrogens is 294 g/mol. The van der Waals surface area contributed by atoms with E-state index in [1.807, 2.05) is 0 Å². The maximum absolute atomic E-state index is 13.6. The van der Waals surface area contributed by atoms with E-state index >= 15 is 0 Å². The molecule has 1 aliphatic heterocycles. The number of nitrogens with zero attached hydrogens (tertiary/aromatic N) is 2. The van der Waals surface area contributed by atoms with Gasteiger partial charge in [0, 0.05) is 17.8 Å². The van der Waals surface area contributed by atoms with Crippen LogP contribution in [0, 0.1) is 23.0 Å². The molecule has 1 atom stereocenters. The summed E-state index contributed by atoms with van der Waals surface area (Å²) in [4.78, 5) is 12.5. The van der Waals surface area contributed by atoms with Crippen LogP contribution in [0.1, 0.15) is 12.0 Å². The average molecular weight is 301 g/mol. The number of nitriles is 1. The van der Waals surface area contributed by atoms with Crippen molar-refractivity contribution in [3.05, 3.63) is 29.3 Å². The lowest BCUT2D eigenvalue weighted by atomic mass is 10.2. The Balaban J connectivity index is 2.47. The van der Waals surface area contributed by atoms with E-state index in [9.17, 15) is 13.6 Å². The third-order valence-electron chi connectivity index (χ3n) is 2.49. The van der Waals surface area contributed by atoms with Crippen molar-refractivity contribution >= 4 is 27.5 Å². The molecule has 0 radical (unpaired) electrons. The SMILES string of the molecule is N#Cc1cc(F)c(N2CC(Br)CC2=O)c(F)c1. The Hall–Kier alpha value is -1.48. The van der Waals surface area contributed by atoms with Gasteiger partial charge in [-0.1, -0.05) is 15.9 Å². The first-order valence-electron chi connectivity index (χ1n) is 4.86. The first-order chi connectivity index (χ1) is 8.02. The Kier molecular flexibility index (Phi) is 3.11. The molecular formula is C11H7BrF2N2O. The molecule has 0 aromatic heterocycles. The molecule has 1 unspecified atom stereocenters. The highest BCUT2D eigenvalue weighted by molar-refractivity contribution is 9.09. The van der Waals surface area contributed by atoms with E-state index in [1.165, 1.54) is 0 Å². The van der Waals surface area contributed by atoms with Gasteiger partial charge in [-0.25, -0.2) is 8.78 Å². The van der Waals surface area contributed by atoms with Crippen molar-refractivity contribution in [2.24, 2.45) is 0 Å². The topological polar surface area (TPSA) is 44.1 Å². The van der Waals surface area contributed by atoms with Crippen LogP contribution in [-0.4, -0.2) is 17.3 Å². The third-order valence-corrected chi connectivity index (χ3v) is 3.11. The lowest BCUT2D eigenvalue weighted by molar-refractivity contribution is -0.117. The normalized spacial score (nSPS) is 19.5. The first kappa shape index (κ1) is 12.0. The highest BCUT2D eigenvalue weighted by Gasteiger charge is 2.32. The van der Waals surface area contributed by atoms with Gasteiger partial charge in [0.2, 0.25) is 5.91 Å². The highest BCUT2D eigenvalue weighted by atomic mass is 79.9. The van der Waals surface area contributed by atoms with E-state index in [1.54, 1.807) is 6.07 Å². The first-order valence-corrected chi connectivity index (χ1v) is 5.78. The van der Waals surface area contributed by atoms with Crippen molar-refractivity contribution < 1.29 is 13.6 Å². The Labute approximate surface area is 105 Å². The summed E-state index contributed by atoms with van der Waals surface area (Å²) in [5.74, 6) is -2.12. The van der Waals surface area contributed by atoms with Crippen LogP contribution >= 0.6 is 15.9 Å². The van der Waals surface area contributed by atoms with Gasteiger partial charge in [0.25, 0.3) is 0 Å². The van der Waals surface area contributed by atoms with E-state index in [0.717, 1.165) is 17.0 Å². The van der Waals surface area contributed by atoms with Gasteiger partial charge in [0.1, 0.15) is 5.69 Å².